The summed E-state index contributed by atoms with van der Waals surface area (Å²) < 4.78 is 5.98. The van der Waals surface area contributed by atoms with Gasteiger partial charge in [-0.05, 0) is 109 Å². The number of rotatable bonds is 2. The minimum absolute atomic E-state index is 0.119. The fourth-order valence-electron chi connectivity index (χ4n) is 10.9. The maximum absolute atomic E-state index is 10.6. The highest BCUT2D eigenvalue weighted by molar-refractivity contribution is 5.33. The summed E-state index contributed by atoms with van der Waals surface area (Å²) >= 11 is 0. The Balaban J connectivity index is 1.56. The molecule has 5 aliphatic carbocycles. The van der Waals surface area contributed by atoms with Crippen LogP contribution in [-0.2, 0) is 4.74 Å². The molecule has 0 bridgehead atoms. The first-order valence-electron chi connectivity index (χ1n) is 14.1. The van der Waals surface area contributed by atoms with Gasteiger partial charge in [0.05, 0.1) is 12.7 Å². The quantitative estimate of drug-likeness (QED) is 0.430. The molecule has 5 rings (SSSR count). The molecule has 0 amide bonds. The van der Waals surface area contributed by atoms with Gasteiger partial charge in [-0.1, -0.05) is 60.1 Å². The molecule has 0 aliphatic heterocycles. The van der Waals surface area contributed by atoms with Gasteiger partial charge in [0.25, 0.3) is 0 Å². The minimum Gasteiger partial charge on any atom is -0.396 e. The lowest BCUT2D eigenvalue weighted by atomic mass is 9.33. The lowest BCUT2D eigenvalue weighted by Gasteiger charge is -2.71. The molecule has 5 aliphatic rings. The van der Waals surface area contributed by atoms with Gasteiger partial charge >= 0.3 is 0 Å². The first-order valence-corrected chi connectivity index (χ1v) is 14.1. The Hall–Kier alpha value is -0.340. The van der Waals surface area contributed by atoms with Crippen molar-refractivity contribution in [3.63, 3.8) is 0 Å². The fourth-order valence-corrected chi connectivity index (χ4v) is 10.9. The van der Waals surface area contributed by atoms with Gasteiger partial charge < -0.3 is 9.84 Å². The second-order valence-corrected chi connectivity index (χ2v) is 15.3. The molecule has 0 spiro atoms. The summed E-state index contributed by atoms with van der Waals surface area (Å²) in [5.74, 6) is 2.03. The van der Waals surface area contributed by atoms with Crippen molar-refractivity contribution in [1.82, 2.24) is 0 Å². The highest BCUT2D eigenvalue weighted by Gasteiger charge is 2.68. The van der Waals surface area contributed by atoms with Crippen molar-refractivity contribution in [3.8, 4) is 0 Å². The molecule has 0 aromatic carbocycles. The Morgan fingerprint density at radius 1 is 0.879 bits per heavy atom. The van der Waals surface area contributed by atoms with Gasteiger partial charge in [-0.15, -0.1) is 0 Å². The summed E-state index contributed by atoms with van der Waals surface area (Å²) in [7, 11) is 1.86. The topological polar surface area (TPSA) is 29.5 Å². The van der Waals surface area contributed by atoms with Gasteiger partial charge in [-0.2, -0.15) is 0 Å². The second kappa shape index (κ2) is 7.34. The number of methoxy groups -OCH3 is 1. The third-order valence-electron chi connectivity index (χ3n) is 13.4. The third-order valence-corrected chi connectivity index (χ3v) is 13.4. The summed E-state index contributed by atoms with van der Waals surface area (Å²) in [4.78, 5) is 0. The van der Waals surface area contributed by atoms with E-state index in [1.54, 1.807) is 0 Å². The molecule has 0 radical (unpaired) electrons. The number of hydrogen-bond acceptors (Lipinski definition) is 2. The fraction of sp³-hybridized carbons (Fsp3) is 0.935. The van der Waals surface area contributed by atoms with E-state index >= 15 is 0 Å². The van der Waals surface area contributed by atoms with E-state index in [0.29, 0.717) is 33.5 Å². The van der Waals surface area contributed by atoms with Crippen molar-refractivity contribution in [3.05, 3.63) is 11.6 Å². The molecule has 9 atom stereocenters. The first kappa shape index (κ1) is 24.4. The van der Waals surface area contributed by atoms with Crippen LogP contribution in [0.5, 0.6) is 0 Å². The molecule has 0 aromatic rings. The molecule has 0 unspecified atom stereocenters. The minimum atomic E-state index is -0.119. The summed E-state index contributed by atoms with van der Waals surface area (Å²) in [6, 6.07) is 0. The van der Waals surface area contributed by atoms with E-state index in [1.165, 1.54) is 57.8 Å². The van der Waals surface area contributed by atoms with E-state index in [1.807, 2.05) is 12.7 Å². The van der Waals surface area contributed by atoms with Gasteiger partial charge in [0.2, 0.25) is 0 Å². The number of aliphatic hydroxyl groups is 1. The van der Waals surface area contributed by atoms with Crippen molar-refractivity contribution in [1.29, 1.82) is 0 Å². The number of aliphatic hydroxyl groups excluding tert-OH is 1. The standard InChI is InChI=1S/C31H52O2/c1-26(2)15-16-27(3)17-18-30(6)21(22(27)19-26)9-10-24-28(4)13-12-25(33-8)29(5,20-32)23(28)11-14-31(24,30)7/h9,22-25,32H,10-20H2,1-8H3/t22-,23-,24-,25+,27-,28+,29-,30-,31-/m1/s1. The van der Waals surface area contributed by atoms with Gasteiger partial charge in [-0.25, -0.2) is 0 Å². The number of fused-ring (bicyclic) bond motifs is 7. The Morgan fingerprint density at radius 3 is 2.24 bits per heavy atom. The number of allylic oxidation sites excluding steroid dienone is 2. The maximum Gasteiger partial charge on any atom is 0.0649 e. The molecule has 2 heteroatoms. The van der Waals surface area contributed by atoms with Crippen molar-refractivity contribution >= 4 is 0 Å². The molecule has 188 valence electrons. The van der Waals surface area contributed by atoms with Crippen molar-refractivity contribution in [2.75, 3.05) is 13.7 Å². The molecule has 0 heterocycles. The Bertz CT molecular complexity index is 829. The predicted molar refractivity (Wildman–Crippen MR) is 137 cm³/mol. The Kier molecular flexibility index (Phi) is 5.42. The van der Waals surface area contributed by atoms with E-state index < -0.39 is 0 Å². The molecule has 4 saturated carbocycles. The van der Waals surface area contributed by atoms with E-state index in [2.05, 4.69) is 54.5 Å². The van der Waals surface area contributed by atoms with Crippen LogP contribution in [0.3, 0.4) is 0 Å². The molecule has 1 N–H and O–H groups in total. The van der Waals surface area contributed by atoms with Crippen LogP contribution in [-0.4, -0.2) is 24.9 Å². The van der Waals surface area contributed by atoms with Crippen molar-refractivity contribution in [2.24, 2.45) is 50.2 Å². The van der Waals surface area contributed by atoms with Crippen molar-refractivity contribution in [2.45, 2.75) is 119 Å². The smallest absolute Gasteiger partial charge is 0.0649 e. The van der Waals surface area contributed by atoms with E-state index in [0.717, 1.165) is 12.3 Å². The van der Waals surface area contributed by atoms with Crippen LogP contribution in [0.15, 0.2) is 11.6 Å². The molecule has 2 nitrogen and oxygen atoms in total. The van der Waals surface area contributed by atoms with Crippen LogP contribution in [0, 0.1) is 50.2 Å². The molecule has 0 saturated heterocycles. The third kappa shape index (κ3) is 3.04. The summed E-state index contributed by atoms with van der Waals surface area (Å²) in [5, 5.41) is 10.6. The molecule has 4 fully saturated rings. The highest BCUT2D eigenvalue weighted by Crippen LogP contribution is 2.75. The van der Waals surface area contributed by atoms with E-state index in [-0.39, 0.29) is 23.5 Å². The number of hydrogen-bond donors (Lipinski definition) is 1. The zero-order valence-electron chi connectivity index (χ0n) is 23.0. The lowest BCUT2D eigenvalue weighted by molar-refractivity contribution is -0.219. The van der Waals surface area contributed by atoms with E-state index in [9.17, 15) is 5.11 Å². The zero-order valence-corrected chi connectivity index (χ0v) is 23.0. The summed E-state index contributed by atoms with van der Waals surface area (Å²) in [5.41, 5.74) is 3.71. The summed E-state index contributed by atoms with van der Waals surface area (Å²) in [6.45, 7) is 18.2. The summed E-state index contributed by atoms with van der Waals surface area (Å²) in [6.07, 6.45) is 16.1. The normalized spacial score (nSPS) is 55.5. The highest BCUT2D eigenvalue weighted by atomic mass is 16.5. The van der Waals surface area contributed by atoms with Crippen LogP contribution in [0.4, 0.5) is 0 Å². The average molecular weight is 457 g/mol. The SMILES string of the molecule is CO[C@H]1CC[C@@]2(C)[C@@H](CC[C@]3(C)[C@@H]2CC=C2[C@H]4CC(C)(C)CC[C@]4(C)CC[C@]23C)[C@@]1(C)CO. The molecule has 0 aromatic heterocycles. The Labute approximate surface area is 204 Å². The van der Waals surface area contributed by atoms with Gasteiger partial charge in [0.15, 0.2) is 0 Å². The van der Waals surface area contributed by atoms with Crippen molar-refractivity contribution < 1.29 is 9.84 Å². The predicted octanol–water partition coefficient (Wildman–Crippen LogP) is 7.80. The molecular weight excluding hydrogens is 404 g/mol. The molecular formula is C31H52O2. The molecule has 33 heavy (non-hydrogen) atoms. The van der Waals surface area contributed by atoms with Gasteiger partial charge in [0, 0.05) is 12.5 Å². The second-order valence-electron chi connectivity index (χ2n) is 15.3. The first-order chi connectivity index (χ1) is 15.3. The maximum atomic E-state index is 10.6. The van der Waals surface area contributed by atoms with Crippen LogP contribution in [0.2, 0.25) is 0 Å². The Morgan fingerprint density at radius 2 is 1.58 bits per heavy atom. The van der Waals surface area contributed by atoms with Gasteiger partial charge in [0.1, 0.15) is 0 Å². The van der Waals surface area contributed by atoms with Crippen LogP contribution in [0.25, 0.3) is 0 Å². The monoisotopic (exact) mass is 456 g/mol. The lowest BCUT2D eigenvalue weighted by Crippen LogP contribution is -2.65. The van der Waals surface area contributed by atoms with Gasteiger partial charge in [-0.3, -0.25) is 0 Å². The van der Waals surface area contributed by atoms with Crippen LogP contribution < -0.4 is 0 Å². The number of ether oxygens (including phenoxy) is 1. The van der Waals surface area contributed by atoms with Crippen LogP contribution in [0.1, 0.15) is 113 Å². The van der Waals surface area contributed by atoms with Crippen LogP contribution >= 0.6 is 0 Å². The zero-order chi connectivity index (χ0) is 24.1. The average Bonchev–Trinajstić information content (AvgIpc) is 2.75. The van der Waals surface area contributed by atoms with E-state index in [4.69, 9.17) is 4.74 Å². The largest absolute Gasteiger partial charge is 0.396 e.